The van der Waals surface area contributed by atoms with Crippen molar-refractivity contribution in [1.29, 1.82) is 0 Å². The van der Waals surface area contributed by atoms with Gasteiger partial charge in [-0.1, -0.05) is 12.2 Å². The third-order valence-corrected chi connectivity index (χ3v) is 5.83. The Bertz CT molecular complexity index is 676. The van der Waals surface area contributed by atoms with Gasteiger partial charge in [0.15, 0.2) is 5.96 Å². The Labute approximate surface area is 182 Å². The van der Waals surface area contributed by atoms with Gasteiger partial charge in [-0.3, -0.25) is 24.3 Å². The van der Waals surface area contributed by atoms with Gasteiger partial charge in [-0.2, -0.15) is 0 Å². The van der Waals surface area contributed by atoms with Gasteiger partial charge in [-0.15, -0.1) is 24.0 Å². The third-order valence-electron chi connectivity index (χ3n) is 5.83. The zero-order valence-corrected chi connectivity index (χ0v) is 18.9. The van der Waals surface area contributed by atoms with E-state index >= 15 is 0 Å². The number of imide groups is 1. The van der Waals surface area contributed by atoms with Crippen molar-refractivity contribution < 1.29 is 14.4 Å². The summed E-state index contributed by atoms with van der Waals surface area (Å²) < 4.78 is 0. The molecule has 4 unspecified atom stereocenters. The minimum absolute atomic E-state index is 0. The topological polar surface area (TPSA) is 117 Å². The first kappa shape index (κ1) is 22.6. The molecule has 0 aromatic rings. The fourth-order valence-electron chi connectivity index (χ4n) is 4.17. The zero-order valence-electron chi connectivity index (χ0n) is 16.6. The Hall–Kier alpha value is -1.65. The van der Waals surface area contributed by atoms with Crippen LogP contribution in [0.2, 0.25) is 0 Å². The number of aliphatic imine (C=N–C) groups is 1. The zero-order chi connectivity index (χ0) is 19.8. The first-order chi connectivity index (χ1) is 12.8. The van der Waals surface area contributed by atoms with Crippen LogP contribution in [0, 0.1) is 29.1 Å². The second-order valence-electron chi connectivity index (χ2n) is 8.20. The Morgan fingerprint density at radius 2 is 1.79 bits per heavy atom. The molecule has 0 radical (unpaired) electrons. The number of carbonyl (C=O) groups is 3. The van der Waals surface area contributed by atoms with Gasteiger partial charge in [0.25, 0.3) is 0 Å². The van der Waals surface area contributed by atoms with Crippen LogP contribution in [0.4, 0.5) is 0 Å². The number of nitrogens with two attached hydrogens (primary N) is 1. The molecule has 8 nitrogen and oxygen atoms in total. The highest BCUT2D eigenvalue weighted by Gasteiger charge is 2.58. The van der Waals surface area contributed by atoms with Crippen molar-refractivity contribution in [1.82, 2.24) is 15.5 Å². The average Bonchev–Trinajstić information content (AvgIpc) is 3.28. The van der Waals surface area contributed by atoms with Crippen molar-refractivity contribution in [3.63, 3.8) is 0 Å². The molecule has 2 aliphatic carbocycles. The van der Waals surface area contributed by atoms with Gasteiger partial charge in [-0.25, -0.2) is 0 Å². The van der Waals surface area contributed by atoms with Crippen molar-refractivity contribution in [2.24, 2.45) is 39.8 Å². The predicted octanol–water partition coefficient (Wildman–Crippen LogP) is 0.478. The number of halogens is 1. The summed E-state index contributed by atoms with van der Waals surface area (Å²) in [4.78, 5) is 42.6. The molecule has 0 spiro atoms. The summed E-state index contributed by atoms with van der Waals surface area (Å²) in [5.41, 5.74) is 4.64. The van der Waals surface area contributed by atoms with Crippen LogP contribution in [-0.4, -0.2) is 54.8 Å². The van der Waals surface area contributed by atoms with E-state index in [0.717, 1.165) is 6.42 Å². The summed E-state index contributed by atoms with van der Waals surface area (Å²) >= 11 is 0. The third kappa shape index (κ3) is 4.18. The van der Waals surface area contributed by atoms with Gasteiger partial charge in [0, 0.05) is 19.6 Å². The molecule has 2 fully saturated rings. The van der Waals surface area contributed by atoms with Gasteiger partial charge < -0.3 is 16.4 Å². The number of hydrogen-bond acceptors (Lipinski definition) is 4. The molecule has 28 heavy (non-hydrogen) atoms. The van der Waals surface area contributed by atoms with E-state index in [1.165, 1.54) is 4.90 Å². The maximum absolute atomic E-state index is 12.7. The second kappa shape index (κ2) is 8.79. The molecule has 4 atom stereocenters. The fraction of sp³-hybridized carbons (Fsp3) is 0.684. The molecule has 0 aromatic carbocycles. The van der Waals surface area contributed by atoms with Gasteiger partial charge in [0.05, 0.1) is 23.8 Å². The molecule has 1 heterocycles. The van der Waals surface area contributed by atoms with E-state index in [1.54, 1.807) is 13.8 Å². The SMILES string of the molecule is CCNC(=NCC(C)(C)C(N)=O)NCCN1C(=O)C2C3C=CC(C3)C2C1=O.I. The Morgan fingerprint density at radius 1 is 1.21 bits per heavy atom. The molecule has 1 saturated heterocycles. The fourth-order valence-corrected chi connectivity index (χ4v) is 4.17. The first-order valence-electron chi connectivity index (χ1n) is 9.62. The van der Waals surface area contributed by atoms with E-state index in [1.807, 2.05) is 6.92 Å². The van der Waals surface area contributed by atoms with E-state index < -0.39 is 11.3 Å². The van der Waals surface area contributed by atoms with E-state index in [2.05, 4.69) is 27.8 Å². The largest absolute Gasteiger partial charge is 0.369 e. The number of hydrogen-bond donors (Lipinski definition) is 3. The smallest absolute Gasteiger partial charge is 0.233 e. The van der Waals surface area contributed by atoms with Crippen LogP contribution in [0.15, 0.2) is 17.1 Å². The molecule has 4 N–H and O–H groups in total. The highest BCUT2D eigenvalue weighted by molar-refractivity contribution is 14.0. The van der Waals surface area contributed by atoms with Crippen LogP contribution in [0.25, 0.3) is 0 Å². The van der Waals surface area contributed by atoms with Gasteiger partial charge >= 0.3 is 0 Å². The maximum atomic E-state index is 12.7. The summed E-state index contributed by atoms with van der Waals surface area (Å²) in [5.74, 6) is 0.170. The summed E-state index contributed by atoms with van der Waals surface area (Å²) in [6.07, 6.45) is 5.12. The molecule has 0 aromatic heterocycles. The Morgan fingerprint density at radius 3 is 2.29 bits per heavy atom. The second-order valence-corrected chi connectivity index (χ2v) is 8.20. The first-order valence-corrected chi connectivity index (χ1v) is 9.62. The number of carbonyl (C=O) groups excluding carboxylic acids is 3. The monoisotopic (exact) mass is 503 g/mol. The van der Waals surface area contributed by atoms with Gasteiger partial charge in [0.2, 0.25) is 17.7 Å². The molecular formula is C19H30IN5O3. The lowest BCUT2D eigenvalue weighted by Gasteiger charge is -2.20. The average molecular weight is 503 g/mol. The molecular weight excluding hydrogens is 473 g/mol. The van der Waals surface area contributed by atoms with Crippen LogP contribution in [-0.2, 0) is 14.4 Å². The van der Waals surface area contributed by atoms with E-state index in [4.69, 9.17) is 5.73 Å². The lowest BCUT2D eigenvalue weighted by atomic mass is 9.85. The highest BCUT2D eigenvalue weighted by Crippen LogP contribution is 2.52. The van der Waals surface area contributed by atoms with Crippen molar-refractivity contribution in [3.05, 3.63) is 12.2 Å². The molecule has 3 rings (SSSR count). The van der Waals surface area contributed by atoms with Gasteiger partial charge in [-0.05, 0) is 39.0 Å². The maximum Gasteiger partial charge on any atom is 0.233 e. The van der Waals surface area contributed by atoms with Crippen molar-refractivity contribution in [2.45, 2.75) is 27.2 Å². The summed E-state index contributed by atoms with van der Waals surface area (Å²) in [6, 6.07) is 0. The number of likely N-dealkylation sites (tertiary alicyclic amines) is 1. The quantitative estimate of drug-likeness (QED) is 0.154. The molecule has 156 valence electrons. The summed E-state index contributed by atoms with van der Waals surface area (Å²) in [5, 5.41) is 6.22. The van der Waals surface area contributed by atoms with Crippen molar-refractivity contribution in [2.75, 3.05) is 26.2 Å². The minimum atomic E-state index is -0.743. The summed E-state index contributed by atoms with van der Waals surface area (Å²) in [6.45, 7) is 7.04. The van der Waals surface area contributed by atoms with Gasteiger partial charge in [0.1, 0.15) is 0 Å². The Balaban J connectivity index is 0.00000280. The van der Waals surface area contributed by atoms with Crippen LogP contribution >= 0.6 is 24.0 Å². The standard InChI is InChI=1S/C19H29N5O3.HI/c1-4-21-18(23-10-19(2,3)17(20)27)22-7-8-24-15(25)13-11-5-6-12(9-11)14(13)16(24)26;/h5-6,11-14H,4,7-10H2,1-3H3,(H2,20,27)(H2,21,22,23);1H. The number of fused-ring (bicyclic) bond motifs is 5. The van der Waals surface area contributed by atoms with E-state index in [0.29, 0.717) is 25.6 Å². The number of primary amides is 1. The van der Waals surface area contributed by atoms with E-state index in [-0.39, 0.29) is 66.0 Å². The summed E-state index contributed by atoms with van der Waals surface area (Å²) in [7, 11) is 0. The molecule has 3 amide bonds. The lowest BCUT2D eigenvalue weighted by Crippen LogP contribution is -2.44. The van der Waals surface area contributed by atoms with E-state index in [9.17, 15) is 14.4 Å². The van der Waals surface area contributed by atoms with Crippen LogP contribution in [0.5, 0.6) is 0 Å². The molecule has 1 saturated carbocycles. The number of allylic oxidation sites excluding steroid dienone is 2. The van der Waals surface area contributed by atoms with Crippen LogP contribution in [0.1, 0.15) is 27.2 Å². The highest BCUT2D eigenvalue weighted by atomic mass is 127. The molecule has 2 bridgehead atoms. The number of nitrogens with zero attached hydrogens (tertiary/aromatic N) is 2. The Kier molecular flexibility index (Phi) is 7.11. The number of amides is 3. The number of guanidine groups is 1. The van der Waals surface area contributed by atoms with Crippen LogP contribution < -0.4 is 16.4 Å². The van der Waals surface area contributed by atoms with Crippen LogP contribution in [0.3, 0.4) is 0 Å². The normalized spacial score (nSPS) is 28.4. The lowest BCUT2D eigenvalue weighted by molar-refractivity contribution is -0.140. The predicted molar refractivity (Wildman–Crippen MR) is 117 cm³/mol. The molecule has 3 aliphatic rings. The number of rotatable bonds is 7. The molecule has 9 heteroatoms. The van der Waals surface area contributed by atoms with Crippen molar-refractivity contribution in [3.8, 4) is 0 Å². The minimum Gasteiger partial charge on any atom is -0.369 e. The molecule has 1 aliphatic heterocycles. The van der Waals surface area contributed by atoms with Crippen molar-refractivity contribution >= 4 is 47.7 Å². The number of nitrogens with one attached hydrogen (secondary N) is 2.